The number of aliphatic hydroxyl groups is 1. The Labute approximate surface area is 359 Å². The van der Waals surface area contributed by atoms with Crippen molar-refractivity contribution in [2.45, 2.75) is 135 Å². The van der Waals surface area contributed by atoms with E-state index in [9.17, 15) is 24.3 Å². The molecular weight excluding hydrogens is 783 g/mol. The first-order valence-corrected chi connectivity index (χ1v) is 21.7. The number of primary amides is 1. The van der Waals surface area contributed by atoms with Gasteiger partial charge in [-0.05, 0) is 96.8 Å². The van der Waals surface area contributed by atoms with Crippen molar-refractivity contribution < 1.29 is 48.0 Å². The molecule has 3 saturated heterocycles. The van der Waals surface area contributed by atoms with Crippen LogP contribution in [-0.4, -0.2) is 137 Å². The smallest absolute Gasteiger partial charge is 0.410 e. The molecule has 1 aromatic heterocycles. The molecule has 0 saturated carbocycles. The number of ether oxygens (including phenoxy) is 5. The summed E-state index contributed by atoms with van der Waals surface area (Å²) < 4.78 is 32.5. The minimum Gasteiger partial charge on any atom is -0.457 e. The number of fused-ring (bicyclic) bond motifs is 2. The molecule has 61 heavy (non-hydrogen) atoms. The van der Waals surface area contributed by atoms with Crippen LogP contribution in [0.15, 0.2) is 41.5 Å². The predicted octanol–water partition coefficient (Wildman–Crippen LogP) is 5.20. The van der Waals surface area contributed by atoms with Crippen LogP contribution in [0, 0.1) is 23.7 Å². The van der Waals surface area contributed by atoms with E-state index in [4.69, 9.17) is 34.4 Å². The Bertz CT molecular complexity index is 2020. The summed E-state index contributed by atoms with van der Waals surface area (Å²) in [5, 5.41) is 12.5. The number of nitrogens with two attached hydrogens (primary N) is 1. The zero-order chi connectivity index (χ0) is 44.6. The number of ketones is 1. The molecule has 4 aliphatic rings. The van der Waals surface area contributed by atoms with Gasteiger partial charge in [-0.3, -0.25) is 29.3 Å². The molecule has 15 heteroatoms. The van der Waals surface area contributed by atoms with Gasteiger partial charge in [-0.15, -0.1) is 0 Å². The first kappa shape index (κ1) is 46.2. The van der Waals surface area contributed by atoms with Crippen LogP contribution in [0.4, 0.5) is 4.79 Å². The lowest BCUT2D eigenvalue weighted by molar-refractivity contribution is -0.296. The normalized spacial score (nSPS) is 36.4. The van der Waals surface area contributed by atoms with Gasteiger partial charge in [-0.25, -0.2) is 4.79 Å². The maximum Gasteiger partial charge on any atom is 0.410 e. The molecule has 6 rings (SSSR count). The van der Waals surface area contributed by atoms with E-state index in [-0.39, 0.29) is 30.6 Å². The van der Waals surface area contributed by atoms with E-state index >= 15 is 0 Å². The maximum absolute atomic E-state index is 14.7. The number of hydrogen-bond donors (Lipinski definition) is 2. The quantitative estimate of drug-likeness (QED) is 0.235. The van der Waals surface area contributed by atoms with Gasteiger partial charge >= 0.3 is 12.1 Å². The third kappa shape index (κ3) is 9.41. The maximum atomic E-state index is 14.7. The molecule has 3 N–H and O–H groups in total. The molecule has 13 atom stereocenters. The van der Waals surface area contributed by atoms with Crippen molar-refractivity contribution in [2.24, 2.45) is 34.4 Å². The molecule has 2 bridgehead atoms. The van der Waals surface area contributed by atoms with E-state index in [0.717, 1.165) is 16.7 Å². The van der Waals surface area contributed by atoms with Gasteiger partial charge in [0.15, 0.2) is 17.7 Å². The van der Waals surface area contributed by atoms with Crippen molar-refractivity contribution in [3.05, 3.63) is 47.7 Å². The largest absolute Gasteiger partial charge is 0.457 e. The number of amides is 2. The van der Waals surface area contributed by atoms with E-state index < -0.39 is 77.4 Å². The highest BCUT2D eigenvalue weighted by atomic mass is 16.7. The minimum absolute atomic E-state index is 0.0727. The highest BCUT2D eigenvalue weighted by molar-refractivity contribution is 6.00. The Balaban J connectivity index is 1.42. The number of pyridine rings is 1. The molecule has 0 spiro atoms. The van der Waals surface area contributed by atoms with Crippen LogP contribution in [0.2, 0.25) is 0 Å². The standard InChI is InChI=1S/C46H65N5O10/c1-11-13-35-46(8)39-27(4)36(48-17-18-51(39)44(56)61-46)25(2)23-45(7,57-19-12-14-30-21-32-22-31(41(47)54)15-16-33(32)49-24-30)40(28(5)37(52)29(6)42(55)59-35)60-43-38(53)34(50(9)10)20-26(3)58-43/h12,14-16,21-22,24-29,34-35,38-40,43,53H,11,13,17-20,23H2,1-10H3,(H2,47,54)/b14-12+/t25-,26+,27-,28+,29-,34-,35+,38?,39-,40-,43-,45+,46-/m1/s1. The monoisotopic (exact) mass is 847 g/mol. The summed E-state index contributed by atoms with van der Waals surface area (Å²) in [5.74, 6) is -4.43. The highest BCUT2D eigenvalue weighted by Gasteiger charge is 2.60. The summed E-state index contributed by atoms with van der Waals surface area (Å²) in [5.41, 5.74) is 5.76. The fourth-order valence-electron chi connectivity index (χ4n) is 10.2. The Hall–Kier alpha value is -4.28. The average molecular weight is 848 g/mol. The number of likely N-dealkylation sites (N-methyl/N-ethyl adjacent to an activating group) is 1. The summed E-state index contributed by atoms with van der Waals surface area (Å²) in [7, 11) is 3.78. The lowest BCUT2D eigenvalue weighted by atomic mass is 9.73. The fourth-order valence-corrected chi connectivity index (χ4v) is 10.2. The van der Waals surface area contributed by atoms with Crippen LogP contribution in [-0.2, 0) is 33.3 Å². The summed E-state index contributed by atoms with van der Waals surface area (Å²) in [4.78, 5) is 67.6. The van der Waals surface area contributed by atoms with E-state index in [0.29, 0.717) is 49.9 Å². The van der Waals surface area contributed by atoms with Crippen LogP contribution >= 0.6 is 0 Å². The fraction of sp³-hybridized carbons (Fsp3) is 0.652. The molecule has 2 aromatic rings. The molecule has 3 fully saturated rings. The Kier molecular flexibility index (Phi) is 14.1. The summed E-state index contributed by atoms with van der Waals surface area (Å²) in [6.07, 6.45) is 2.55. The number of aromatic nitrogens is 1. The lowest BCUT2D eigenvalue weighted by Crippen LogP contribution is -2.60. The second-order valence-corrected chi connectivity index (χ2v) is 18.2. The Morgan fingerprint density at radius 2 is 1.84 bits per heavy atom. The number of carbonyl (C=O) groups excluding carboxylic acids is 4. The zero-order valence-corrected chi connectivity index (χ0v) is 37.3. The Morgan fingerprint density at radius 3 is 2.52 bits per heavy atom. The van der Waals surface area contributed by atoms with Gasteiger partial charge in [0.05, 0.1) is 42.5 Å². The number of benzene rings is 1. The number of aliphatic hydroxyl groups excluding tert-OH is 1. The number of rotatable bonds is 10. The Morgan fingerprint density at radius 1 is 1.10 bits per heavy atom. The van der Waals surface area contributed by atoms with Crippen LogP contribution in [0.25, 0.3) is 17.0 Å². The molecule has 334 valence electrons. The molecule has 5 heterocycles. The van der Waals surface area contributed by atoms with Gasteiger partial charge < -0.3 is 39.4 Å². The van der Waals surface area contributed by atoms with E-state index in [1.54, 1.807) is 36.2 Å². The van der Waals surface area contributed by atoms with Gasteiger partial charge in [0, 0.05) is 47.3 Å². The van der Waals surface area contributed by atoms with Gasteiger partial charge in [-0.1, -0.05) is 46.3 Å². The average Bonchev–Trinajstić information content (AvgIpc) is 3.34. The second-order valence-electron chi connectivity index (χ2n) is 18.2. The number of hydrogen-bond acceptors (Lipinski definition) is 13. The van der Waals surface area contributed by atoms with Gasteiger partial charge in [0.1, 0.15) is 18.1 Å². The predicted molar refractivity (Wildman–Crippen MR) is 230 cm³/mol. The molecule has 1 unspecified atom stereocenters. The third-order valence-corrected chi connectivity index (χ3v) is 13.4. The van der Waals surface area contributed by atoms with Gasteiger partial charge in [0.25, 0.3) is 0 Å². The number of aliphatic imine (C=N–C) groups is 1. The zero-order valence-electron chi connectivity index (χ0n) is 37.3. The molecule has 4 aliphatic heterocycles. The van der Waals surface area contributed by atoms with E-state index in [1.165, 1.54) is 6.92 Å². The number of Topliss-reactive ketones (excluding diaryl/α,β-unsaturated/α-hetero) is 1. The van der Waals surface area contributed by atoms with Crippen molar-refractivity contribution in [3.8, 4) is 0 Å². The molecular formula is C46H65N5O10. The molecule has 2 amide bonds. The van der Waals surface area contributed by atoms with E-state index in [1.807, 2.05) is 71.8 Å². The number of nitrogens with zero attached hydrogens (tertiary/aromatic N) is 4. The summed E-state index contributed by atoms with van der Waals surface area (Å²) >= 11 is 0. The van der Waals surface area contributed by atoms with Crippen molar-refractivity contribution >= 4 is 46.4 Å². The van der Waals surface area contributed by atoms with Gasteiger partial charge in [-0.2, -0.15) is 0 Å². The SMILES string of the molecule is CCC[C@@H]1OC(=O)[C@H](C)C(=O)[C@H](C)[C@@H](O[C@H]2O[C@@H](C)C[C@@H](N(C)C)C2O)[C@@](C)(OC/C=C/c2cnc3ccc(C(N)=O)cc3c2)C[C@@H](C)C2=NCCN3C(=O)O[C@@]1(C)[C@H]3[C@@H]2C. The molecule has 15 nitrogen and oxygen atoms in total. The highest BCUT2D eigenvalue weighted by Crippen LogP contribution is 2.44. The summed E-state index contributed by atoms with van der Waals surface area (Å²) in [6.45, 7) is 15.7. The van der Waals surface area contributed by atoms with Crippen LogP contribution < -0.4 is 5.73 Å². The minimum atomic E-state index is -1.26. The molecule has 0 aliphatic carbocycles. The van der Waals surface area contributed by atoms with Crippen LogP contribution in [0.5, 0.6) is 0 Å². The van der Waals surface area contributed by atoms with Crippen molar-refractivity contribution in [2.75, 3.05) is 33.8 Å². The number of esters is 1. The van der Waals surface area contributed by atoms with Crippen LogP contribution in [0.1, 0.15) is 97.0 Å². The van der Waals surface area contributed by atoms with Gasteiger partial charge in [0.2, 0.25) is 5.91 Å². The first-order chi connectivity index (χ1) is 28.8. The number of carbonyl (C=O) groups is 4. The number of cyclic esters (lactones) is 1. The van der Waals surface area contributed by atoms with Crippen molar-refractivity contribution in [1.29, 1.82) is 0 Å². The summed E-state index contributed by atoms with van der Waals surface area (Å²) in [6, 6.07) is 6.19. The lowest BCUT2D eigenvalue weighted by Gasteiger charge is -2.47. The van der Waals surface area contributed by atoms with E-state index in [2.05, 4.69) is 11.9 Å². The van der Waals surface area contributed by atoms with Crippen molar-refractivity contribution in [3.63, 3.8) is 0 Å². The third-order valence-electron chi connectivity index (χ3n) is 13.4. The molecule has 0 radical (unpaired) electrons. The first-order valence-electron chi connectivity index (χ1n) is 21.7. The van der Waals surface area contributed by atoms with Crippen LogP contribution in [0.3, 0.4) is 0 Å². The topological polar surface area (TPSA) is 192 Å². The molecule has 1 aromatic carbocycles. The van der Waals surface area contributed by atoms with Crippen molar-refractivity contribution in [1.82, 2.24) is 14.8 Å². The second kappa shape index (κ2) is 18.6.